The molecule has 172 valence electrons. The Bertz CT molecular complexity index is 1270. The Hall–Kier alpha value is -3.26. The number of benzene rings is 2. The van der Waals surface area contributed by atoms with Gasteiger partial charge in [0.25, 0.3) is 15.9 Å². The number of halogens is 3. The Morgan fingerprint density at radius 2 is 1.62 bits per heavy atom. The van der Waals surface area contributed by atoms with Crippen molar-refractivity contribution in [2.45, 2.75) is 16.9 Å². The molecule has 0 saturated carbocycles. The Labute approximate surface area is 180 Å². The summed E-state index contributed by atoms with van der Waals surface area (Å²) in [6.07, 6.45) is -1.52. The molecule has 0 amide bonds. The minimum absolute atomic E-state index is 0.347. The van der Waals surface area contributed by atoms with E-state index in [0.717, 1.165) is 19.2 Å². The predicted octanol–water partition coefficient (Wildman–Crippen LogP) is 3.17. The second-order valence-electron chi connectivity index (χ2n) is 6.17. The van der Waals surface area contributed by atoms with Gasteiger partial charge in [0.2, 0.25) is 5.76 Å². The standard InChI is InChI=1S/C18H14F3NO8S2/c1-28-17(23)29-16-15(30-32(26,27)18(19,20)21)13-9-5-6-10-14(13)31(24,25)22(16)11-12-7-3-2-4-8-12/h2-10H,11H2,1H3. The van der Waals surface area contributed by atoms with E-state index in [1.54, 1.807) is 18.2 Å². The van der Waals surface area contributed by atoms with E-state index in [2.05, 4.69) is 8.92 Å². The summed E-state index contributed by atoms with van der Waals surface area (Å²) in [7, 11) is -9.92. The number of fused-ring (bicyclic) bond motifs is 1. The molecule has 3 rings (SSSR count). The van der Waals surface area contributed by atoms with Crippen LogP contribution in [-0.4, -0.2) is 39.9 Å². The van der Waals surface area contributed by atoms with Gasteiger partial charge in [-0.25, -0.2) is 17.5 Å². The molecule has 0 fully saturated rings. The second kappa shape index (κ2) is 8.35. The van der Waals surface area contributed by atoms with Gasteiger partial charge in [0, 0.05) is 5.56 Å². The topological polar surface area (TPSA) is 116 Å². The van der Waals surface area contributed by atoms with E-state index in [-0.39, 0.29) is 0 Å². The molecule has 1 heterocycles. The molecule has 1 aliphatic rings. The number of carbonyl (C=O) groups is 1. The zero-order valence-electron chi connectivity index (χ0n) is 16.1. The molecule has 2 aromatic carbocycles. The van der Waals surface area contributed by atoms with Crippen molar-refractivity contribution in [1.29, 1.82) is 0 Å². The normalized spacial score (nSPS) is 15.7. The van der Waals surface area contributed by atoms with E-state index >= 15 is 0 Å². The van der Waals surface area contributed by atoms with Crippen LogP contribution in [0.2, 0.25) is 0 Å². The smallest absolute Gasteiger partial charge is 0.437 e. The van der Waals surface area contributed by atoms with Crippen LogP contribution in [0.5, 0.6) is 0 Å². The Morgan fingerprint density at radius 3 is 2.22 bits per heavy atom. The summed E-state index contributed by atoms with van der Waals surface area (Å²) < 4.78 is 103. The largest absolute Gasteiger partial charge is 0.534 e. The Morgan fingerprint density at radius 1 is 1.03 bits per heavy atom. The third-order valence-electron chi connectivity index (χ3n) is 4.11. The predicted molar refractivity (Wildman–Crippen MR) is 102 cm³/mol. The van der Waals surface area contributed by atoms with Crippen molar-refractivity contribution in [2.24, 2.45) is 0 Å². The number of alkyl halides is 3. The number of nitrogens with zero attached hydrogens (tertiary/aromatic N) is 1. The van der Waals surface area contributed by atoms with Crippen LogP contribution in [0.3, 0.4) is 0 Å². The lowest BCUT2D eigenvalue weighted by Gasteiger charge is -2.32. The van der Waals surface area contributed by atoms with Gasteiger partial charge in [-0.15, -0.1) is 0 Å². The van der Waals surface area contributed by atoms with Crippen LogP contribution in [0.1, 0.15) is 11.1 Å². The molecule has 0 bridgehead atoms. The molecule has 0 atom stereocenters. The van der Waals surface area contributed by atoms with Crippen molar-refractivity contribution < 1.29 is 48.5 Å². The molecule has 0 aromatic heterocycles. The summed E-state index contributed by atoms with van der Waals surface area (Å²) in [6.45, 7) is -0.525. The van der Waals surface area contributed by atoms with Gasteiger partial charge in [-0.2, -0.15) is 21.6 Å². The van der Waals surface area contributed by atoms with E-state index < -0.39 is 60.5 Å². The molecule has 0 spiro atoms. The zero-order chi connectivity index (χ0) is 23.7. The molecular formula is C18H14F3NO8S2. The number of hydrogen-bond acceptors (Lipinski definition) is 8. The maximum absolute atomic E-state index is 13.2. The number of carbonyl (C=O) groups excluding carboxylic acids is 1. The highest BCUT2D eigenvalue weighted by molar-refractivity contribution is 7.89. The van der Waals surface area contributed by atoms with Gasteiger partial charge in [-0.3, -0.25) is 0 Å². The third kappa shape index (κ3) is 4.36. The van der Waals surface area contributed by atoms with Gasteiger partial charge in [0.15, 0.2) is 0 Å². The lowest BCUT2D eigenvalue weighted by molar-refractivity contribution is -0.0511. The first-order valence-corrected chi connectivity index (χ1v) is 11.4. The number of ether oxygens (including phenoxy) is 2. The minimum Gasteiger partial charge on any atom is -0.437 e. The maximum atomic E-state index is 13.2. The molecule has 0 radical (unpaired) electrons. The van der Waals surface area contributed by atoms with Gasteiger partial charge in [0.05, 0.1) is 18.6 Å². The summed E-state index contributed by atoms with van der Waals surface area (Å²) in [6, 6.07) is 12.3. The average Bonchev–Trinajstić information content (AvgIpc) is 2.73. The third-order valence-corrected chi connectivity index (χ3v) is 6.85. The quantitative estimate of drug-likeness (QED) is 0.354. The summed E-state index contributed by atoms with van der Waals surface area (Å²) in [4.78, 5) is 11.2. The fraction of sp³-hybridized carbons (Fsp3) is 0.167. The van der Waals surface area contributed by atoms with Crippen molar-refractivity contribution in [3.8, 4) is 0 Å². The van der Waals surface area contributed by atoms with Crippen LogP contribution in [0.4, 0.5) is 18.0 Å². The van der Waals surface area contributed by atoms with E-state index in [9.17, 15) is 34.8 Å². The molecular weight excluding hydrogens is 479 g/mol. The minimum atomic E-state index is -6.26. The van der Waals surface area contributed by atoms with Crippen molar-refractivity contribution >= 4 is 32.1 Å². The number of rotatable bonds is 5. The van der Waals surface area contributed by atoms with Gasteiger partial charge < -0.3 is 13.7 Å². The SMILES string of the molecule is COC(=O)OC1=C(OS(=O)(=O)C(F)(F)F)c2ccccc2S(=O)(=O)N1Cc1ccccc1. The van der Waals surface area contributed by atoms with E-state index in [0.29, 0.717) is 9.87 Å². The number of hydrogen-bond donors (Lipinski definition) is 0. The van der Waals surface area contributed by atoms with Crippen LogP contribution in [0.15, 0.2) is 65.4 Å². The highest BCUT2D eigenvalue weighted by atomic mass is 32.2. The first-order valence-electron chi connectivity index (χ1n) is 8.55. The molecule has 0 N–H and O–H groups in total. The van der Waals surface area contributed by atoms with E-state index in [4.69, 9.17) is 4.74 Å². The fourth-order valence-corrected chi connectivity index (χ4v) is 4.76. The second-order valence-corrected chi connectivity index (χ2v) is 9.54. The maximum Gasteiger partial charge on any atom is 0.534 e. The summed E-state index contributed by atoms with van der Waals surface area (Å²) in [5.41, 5.74) is -6.05. The highest BCUT2D eigenvalue weighted by Crippen LogP contribution is 2.41. The van der Waals surface area contributed by atoms with Crippen molar-refractivity contribution in [3.63, 3.8) is 0 Å². The molecule has 9 nitrogen and oxygen atoms in total. The van der Waals surface area contributed by atoms with Gasteiger partial charge in [-0.1, -0.05) is 42.5 Å². The van der Waals surface area contributed by atoms with Gasteiger partial charge in [0.1, 0.15) is 0 Å². The summed E-state index contributed by atoms with van der Waals surface area (Å²) in [5.74, 6) is -2.25. The summed E-state index contributed by atoms with van der Waals surface area (Å²) >= 11 is 0. The molecule has 0 saturated heterocycles. The monoisotopic (exact) mass is 493 g/mol. The van der Waals surface area contributed by atoms with Crippen molar-refractivity contribution in [1.82, 2.24) is 4.31 Å². The van der Waals surface area contributed by atoms with Crippen LogP contribution < -0.4 is 0 Å². The van der Waals surface area contributed by atoms with E-state index in [1.165, 1.54) is 24.3 Å². The molecule has 0 aliphatic carbocycles. The van der Waals surface area contributed by atoms with Crippen molar-refractivity contribution in [2.75, 3.05) is 7.11 Å². The summed E-state index contributed by atoms with van der Waals surface area (Å²) in [5, 5.41) is 0. The molecule has 0 unspecified atom stereocenters. The number of sulfonamides is 1. The number of methoxy groups -OCH3 is 1. The fourth-order valence-electron chi connectivity index (χ4n) is 2.70. The molecule has 2 aromatic rings. The highest BCUT2D eigenvalue weighted by Gasteiger charge is 2.51. The first kappa shape index (κ1) is 23.4. The van der Waals surface area contributed by atoms with Gasteiger partial charge >= 0.3 is 21.8 Å². The van der Waals surface area contributed by atoms with Gasteiger partial charge in [-0.05, 0) is 17.7 Å². The first-order chi connectivity index (χ1) is 14.9. The van der Waals surface area contributed by atoms with Crippen LogP contribution in [-0.2, 0) is 40.3 Å². The average molecular weight is 493 g/mol. The van der Waals surface area contributed by atoms with Crippen LogP contribution in [0.25, 0.3) is 5.76 Å². The zero-order valence-corrected chi connectivity index (χ0v) is 17.7. The lowest BCUT2D eigenvalue weighted by Crippen LogP contribution is -2.38. The van der Waals surface area contributed by atoms with E-state index in [1.807, 2.05) is 0 Å². The molecule has 1 aliphatic heterocycles. The molecule has 14 heteroatoms. The van der Waals surface area contributed by atoms with Crippen LogP contribution >= 0.6 is 0 Å². The Balaban J connectivity index is 2.30. The molecule has 32 heavy (non-hydrogen) atoms. The van der Waals surface area contributed by atoms with Crippen LogP contribution in [0, 0.1) is 0 Å². The lowest BCUT2D eigenvalue weighted by atomic mass is 10.2. The Kier molecular flexibility index (Phi) is 6.11. The van der Waals surface area contributed by atoms with Crippen molar-refractivity contribution in [3.05, 3.63) is 71.6 Å².